The Labute approximate surface area is 381 Å². The molecule has 348 valence electrons. The highest BCUT2D eigenvalue weighted by Gasteiger charge is 2.48. The highest BCUT2D eigenvalue weighted by Crippen LogP contribution is 2.48. The molecule has 3 aromatic heterocycles. The summed E-state index contributed by atoms with van der Waals surface area (Å²) in [5, 5.41) is 16.1. The summed E-state index contributed by atoms with van der Waals surface area (Å²) in [4.78, 5) is 52.2. The van der Waals surface area contributed by atoms with Gasteiger partial charge in [0.05, 0.1) is 19.4 Å². The maximum atomic E-state index is 14.4. The van der Waals surface area contributed by atoms with Crippen LogP contribution in [0.5, 0.6) is 0 Å². The van der Waals surface area contributed by atoms with Gasteiger partial charge in [0.25, 0.3) is 0 Å². The zero-order valence-electron chi connectivity index (χ0n) is 40.7. The minimum absolute atomic E-state index is 0.124. The Morgan fingerprint density at radius 3 is 2.12 bits per heavy atom. The zero-order valence-corrected chi connectivity index (χ0v) is 40.7. The van der Waals surface area contributed by atoms with E-state index in [0.717, 1.165) is 98.1 Å². The van der Waals surface area contributed by atoms with E-state index in [1.165, 1.54) is 57.6 Å². The van der Waals surface area contributed by atoms with Gasteiger partial charge >= 0.3 is 11.9 Å². The molecule has 1 fully saturated rings. The van der Waals surface area contributed by atoms with Gasteiger partial charge in [0.1, 0.15) is 12.5 Å². The van der Waals surface area contributed by atoms with E-state index in [4.69, 9.17) is 9.47 Å². The molecular weight excluding hydrogens is 801 g/mol. The summed E-state index contributed by atoms with van der Waals surface area (Å²) in [6.45, 7) is 21.9. The molecule has 0 saturated carbocycles. The average molecular weight is 877 g/mol. The molecule has 8 bridgehead atoms. The van der Waals surface area contributed by atoms with Gasteiger partial charge in [-0.15, -0.1) is 0 Å². The van der Waals surface area contributed by atoms with E-state index in [1.54, 1.807) is 0 Å². The van der Waals surface area contributed by atoms with Gasteiger partial charge in [-0.25, -0.2) is 0 Å². The molecule has 5 heterocycles. The normalized spacial score (nSPS) is 22.1. The maximum absolute atomic E-state index is 14.4. The van der Waals surface area contributed by atoms with Crippen molar-refractivity contribution in [3.63, 3.8) is 0 Å². The number of fused-ring (bicyclic) bond motifs is 7. The molecule has 1 saturated heterocycles. The lowest BCUT2D eigenvalue weighted by atomic mass is 9.85. The molecule has 5 atom stereocenters. The number of carbonyl (C=O) groups excluding carboxylic acids is 3. The number of allylic oxidation sites excluding steroid dienone is 3. The number of methoxy groups -OCH3 is 1. The fraction of sp³-hybridized carbons (Fsp3) is 0.574. The molecule has 0 radical (unpaired) electrons. The second kappa shape index (κ2) is 21.4. The van der Waals surface area contributed by atoms with Crippen molar-refractivity contribution in [2.75, 3.05) is 13.7 Å². The van der Waals surface area contributed by atoms with Crippen LogP contribution in [0.1, 0.15) is 180 Å². The van der Waals surface area contributed by atoms with Crippen LogP contribution in [-0.2, 0) is 32.1 Å². The van der Waals surface area contributed by atoms with E-state index >= 15 is 0 Å². The predicted molar refractivity (Wildman–Crippen MR) is 257 cm³/mol. The van der Waals surface area contributed by atoms with E-state index in [-0.39, 0.29) is 43.2 Å². The highest BCUT2D eigenvalue weighted by atomic mass is 16.5. The fourth-order valence-electron chi connectivity index (χ4n) is 10.4. The van der Waals surface area contributed by atoms with Crippen LogP contribution in [0.2, 0.25) is 0 Å². The fourth-order valence-corrected chi connectivity index (χ4v) is 10.4. The largest absolute Gasteiger partial charge is 0.468 e. The van der Waals surface area contributed by atoms with Gasteiger partial charge in [0, 0.05) is 74.1 Å². The van der Waals surface area contributed by atoms with Gasteiger partial charge in [0.15, 0.2) is 5.78 Å². The lowest BCUT2D eigenvalue weighted by Gasteiger charge is -2.19. The summed E-state index contributed by atoms with van der Waals surface area (Å²) in [5.74, 6) is -0.424. The van der Waals surface area contributed by atoms with Gasteiger partial charge in [-0.1, -0.05) is 92.1 Å². The maximum Gasteiger partial charge on any atom is 0.321 e. The number of ketones is 1. The first kappa shape index (κ1) is 48.6. The van der Waals surface area contributed by atoms with E-state index in [9.17, 15) is 19.5 Å². The van der Waals surface area contributed by atoms with Crippen LogP contribution in [0.4, 0.5) is 0 Å². The molecule has 3 aromatic rings. The monoisotopic (exact) mass is 877 g/mol. The Balaban J connectivity index is 1.21. The van der Waals surface area contributed by atoms with Crippen molar-refractivity contribution in [1.82, 2.24) is 20.3 Å². The quantitative estimate of drug-likeness (QED) is 0.0431. The summed E-state index contributed by atoms with van der Waals surface area (Å²) in [7, 11) is 1.31. The number of aromatic nitrogens is 3. The number of hydrogen-bond acceptors (Lipinski definition) is 7. The van der Waals surface area contributed by atoms with Crippen LogP contribution in [0.25, 0.3) is 23.8 Å². The average Bonchev–Trinajstić information content (AvgIpc) is 3.99. The van der Waals surface area contributed by atoms with Crippen LogP contribution >= 0.6 is 0 Å². The van der Waals surface area contributed by atoms with E-state index < -0.39 is 11.9 Å². The SMILES string of the molecule is CCc1c(C)/c2[nH]/c1=C\c1[nH]c3c(c1C)C(=O)[C@@H](C(=O)OC)/C3=C1/N/C(=C\c3[nH]c(c(CO)c3C)\C=2)[C@@H](C)[C@@H]1CCC(=O)OC/C=C(\C)CCC[C@H](C)CCC[C@H](C)CCCC(C)C. The summed E-state index contributed by atoms with van der Waals surface area (Å²) >= 11 is 0. The molecule has 3 aliphatic rings. The summed E-state index contributed by atoms with van der Waals surface area (Å²) < 4.78 is 11.1. The number of rotatable bonds is 20. The molecule has 5 N–H and O–H groups in total. The second-order valence-electron chi connectivity index (χ2n) is 19.7. The Hall–Kier alpha value is -4.83. The van der Waals surface area contributed by atoms with Crippen molar-refractivity contribution >= 4 is 41.5 Å². The molecule has 1 aliphatic carbocycles. The molecule has 64 heavy (non-hydrogen) atoms. The number of esters is 2. The first-order chi connectivity index (χ1) is 30.6. The molecule has 6 rings (SSSR count). The number of hydrogen-bond donors (Lipinski definition) is 5. The number of nitrogens with one attached hydrogen (secondary N) is 4. The van der Waals surface area contributed by atoms with Crippen LogP contribution in [-0.4, -0.2) is 51.5 Å². The standard InChI is InChI=1S/C54H76N4O6/c1-12-38-34(7)42-27-46-40(29-59)36(9)41(56-46)26-43-35(8)39(51(57-43)49-50(54(62)63-11)53(61)48-37(10)44(58-52(48)49)28-45(38)55-42)22-23-47(60)64-25-24-33(6)21-15-20-32(5)19-14-18-31(4)17-13-16-30(2)3/h24,26-28,30-32,35,39,50,55-59H,12-23,25,29H2,1-11H3/b33-24+,42-27-,43-26-,45-28-,51-49-/t31-,32-,35+,39+,50+/m1/s1. The third-order valence-electron chi connectivity index (χ3n) is 14.6. The minimum atomic E-state index is -1.16. The molecule has 0 aromatic carbocycles. The van der Waals surface area contributed by atoms with Crippen LogP contribution in [0, 0.1) is 56.3 Å². The smallest absolute Gasteiger partial charge is 0.321 e. The number of aromatic amines is 3. The molecule has 10 nitrogen and oxygen atoms in total. The number of H-pyrrole nitrogens is 3. The lowest BCUT2D eigenvalue weighted by Crippen LogP contribution is -2.25. The van der Waals surface area contributed by atoms with Crippen molar-refractivity contribution in [3.8, 4) is 0 Å². The summed E-state index contributed by atoms with van der Waals surface area (Å²) in [5.41, 5.74) is 11.7. The Morgan fingerprint density at radius 1 is 0.812 bits per heavy atom. The van der Waals surface area contributed by atoms with Crippen LogP contribution in [0.15, 0.2) is 23.0 Å². The molecule has 10 heteroatoms. The Bertz CT molecular complexity index is 2420. The van der Waals surface area contributed by atoms with Crippen molar-refractivity contribution < 1.29 is 29.0 Å². The van der Waals surface area contributed by atoms with Gasteiger partial charge in [0.2, 0.25) is 0 Å². The highest BCUT2D eigenvalue weighted by molar-refractivity contribution is 6.24. The zero-order chi connectivity index (χ0) is 46.4. The van der Waals surface area contributed by atoms with Crippen molar-refractivity contribution in [3.05, 3.63) is 89.9 Å². The van der Waals surface area contributed by atoms with Crippen molar-refractivity contribution in [1.29, 1.82) is 0 Å². The lowest BCUT2D eigenvalue weighted by molar-refractivity contribution is -0.143. The van der Waals surface area contributed by atoms with Gasteiger partial charge in [-0.3, -0.25) is 14.4 Å². The first-order valence-corrected chi connectivity index (χ1v) is 24.2. The van der Waals surface area contributed by atoms with Gasteiger partial charge in [-0.05, 0) is 118 Å². The topological polar surface area (TPSA) is 149 Å². The molecule has 0 spiro atoms. The number of ether oxygens (including phenoxy) is 2. The third-order valence-corrected chi connectivity index (χ3v) is 14.6. The third kappa shape index (κ3) is 10.6. The summed E-state index contributed by atoms with van der Waals surface area (Å²) in [6.07, 6.45) is 20.9. The van der Waals surface area contributed by atoms with Crippen LogP contribution < -0.4 is 16.0 Å². The molecular formula is C54H76N4O6. The van der Waals surface area contributed by atoms with Gasteiger partial charge < -0.3 is 34.8 Å². The molecule has 2 aliphatic heterocycles. The molecule has 0 unspecified atom stereocenters. The first-order valence-electron chi connectivity index (χ1n) is 24.2. The van der Waals surface area contributed by atoms with Crippen LogP contribution in [0.3, 0.4) is 0 Å². The molecule has 0 amide bonds. The number of aliphatic hydroxyl groups excluding tert-OH is 1. The van der Waals surface area contributed by atoms with E-state index in [2.05, 4.69) is 87.8 Å². The number of carbonyl (C=O) groups is 3. The van der Waals surface area contributed by atoms with Crippen molar-refractivity contribution in [2.45, 2.75) is 153 Å². The minimum Gasteiger partial charge on any atom is -0.468 e. The Morgan fingerprint density at radius 2 is 1.47 bits per heavy atom. The van der Waals surface area contributed by atoms with E-state index in [1.807, 2.05) is 26.0 Å². The van der Waals surface area contributed by atoms with E-state index in [0.29, 0.717) is 29.2 Å². The van der Waals surface area contributed by atoms with Gasteiger partial charge in [-0.2, -0.15) is 0 Å². The number of Topliss-reactive ketones (excluding diaryl/α,β-unsaturated/α-hetero) is 1. The summed E-state index contributed by atoms with van der Waals surface area (Å²) in [6, 6.07) is 0. The second-order valence-corrected chi connectivity index (χ2v) is 19.7. The van der Waals surface area contributed by atoms with Crippen molar-refractivity contribution in [2.24, 2.45) is 35.5 Å². The number of aliphatic hydroxyl groups is 1. The Kier molecular flexibility index (Phi) is 16.3. The predicted octanol–water partition coefficient (Wildman–Crippen LogP) is 9.92.